The van der Waals surface area contributed by atoms with E-state index in [-0.39, 0.29) is 38.5 Å². The van der Waals surface area contributed by atoms with E-state index in [0.717, 1.165) is 12.0 Å². The topological polar surface area (TPSA) is 41.1 Å². The van der Waals surface area contributed by atoms with Crippen LogP contribution in [0.15, 0.2) is 12.2 Å². The van der Waals surface area contributed by atoms with Crippen molar-refractivity contribution in [1.82, 2.24) is 10.6 Å². The SMILES string of the molecule is C=C(C(C)(C)NCC(=O)C(C)(C)NC(C)(C)CC(C)(C)C(C)(C)C)C(C)(C)C(C)C(C)(C)C. The van der Waals surface area contributed by atoms with Gasteiger partial charge in [0, 0.05) is 11.1 Å². The molecule has 0 fully saturated rings. The Kier molecular flexibility index (Phi) is 9.57. The van der Waals surface area contributed by atoms with Crippen molar-refractivity contribution in [3.8, 4) is 0 Å². The van der Waals surface area contributed by atoms with Gasteiger partial charge >= 0.3 is 0 Å². The highest BCUT2D eigenvalue weighted by Crippen LogP contribution is 2.47. The first-order chi connectivity index (χ1) is 14.1. The fourth-order valence-electron chi connectivity index (χ4n) is 5.11. The van der Waals surface area contributed by atoms with Gasteiger partial charge in [-0.15, -0.1) is 0 Å². The summed E-state index contributed by atoms with van der Waals surface area (Å²) in [5, 5.41) is 7.23. The third-order valence-corrected chi connectivity index (χ3v) is 8.87. The Morgan fingerprint density at radius 1 is 0.758 bits per heavy atom. The fourth-order valence-corrected chi connectivity index (χ4v) is 5.11. The Labute approximate surface area is 208 Å². The van der Waals surface area contributed by atoms with Gasteiger partial charge in [0.15, 0.2) is 5.78 Å². The molecular formula is C30H60N2O. The summed E-state index contributed by atoms with van der Waals surface area (Å²) in [6.07, 6.45) is 0.981. The normalized spacial score (nSPS) is 16.0. The zero-order valence-electron chi connectivity index (χ0n) is 25.6. The van der Waals surface area contributed by atoms with Crippen LogP contribution in [-0.4, -0.2) is 28.9 Å². The molecule has 0 bridgehead atoms. The van der Waals surface area contributed by atoms with E-state index in [1.54, 1.807) is 0 Å². The Morgan fingerprint density at radius 2 is 1.18 bits per heavy atom. The van der Waals surface area contributed by atoms with Gasteiger partial charge in [0.1, 0.15) is 0 Å². The maximum absolute atomic E-state index is 13.4. The largest absolute Gasteiger partial charge is 0.301 e. The average Bonchev–Trinajstić information content (AvgIpc) is 2.54. The van der Waals surface area contributed by atoms with Crippen LogP contribution in [0.3, 0.4) is 0 Å². The van der Waals surface area contributed by atoms with E-state index in [0.29, 0.717) is 12.5 Å². The minimum atomic E-state index is -0.629. The number of Topliss-reactive ketones (excluding diaryl/α,β-unsaturated/α-hetero) is 1. The predicted octanol–water partition coefficient (Wildman–Crippen LogP) is 7.80. The summed E-state index contributed by atoms with van der Waals surface area (Å²) < 4.78 is 0. The predicted molar refractivity (Wildman–Crippen MR) is 148 cm³/mol. The minimum Gasteiger partial charge on any atom is -0.301 e. The van der Waals surface area contributed by atoms with Crippen molar-refractivity contribution in [3.05, 3.63) is 12.2 Å². The minimum absolute atomic E-state index is 0.0634. The van der Waals surface area contributed by atoms with E-state index < -0.39 is 5.54 Å². The zero-order valence-corrected chi connectivity index (χ0v) is 25.6. The number of carbonyl (C=O) groups is 1. The lowest BCUT2D eigenvalue weighted by atomic mass is 9.60. The first-order valence-electron chi connectivity index (χ1n) is 12.9. The molecule has 0 aromatic rings. The van der Waals surface area contributed by atoms with Gasteiger partial charge in [0.25, 0.3) is 0 Å². The Hall–Kier alpha value is -0.670. The molecule has 0 amide bonds. The third-order valence-electron chi connectivity index (χ3n) is 8.87. The molecular weight excluding hydrogens is 404 g/mol. The summed E-state index contributed by atoms with van der Waals surface area (Å²) in [7, 11) is 0. The lowest BCUT2D eigenvalue weighted by molar-refractivity contribution is -0.124. The molecule has 0 saturated carbocycles. The zero-order chi connectivity index (χ0) is 27.1. The van der Waals surface area contributed by atoms with Crippen LogP contribution in [0.2, 0.25) is 0 Å². The van der Waals surface area contributed by atoms with Crippen LogP contribution < -0.4 is 10.6 Å². The molecule has 0 saturated heterocycles. The summed E-state index contributed by atoms with van der Waals surface area (Å²) in [6, 6.07) is 0. The van der Waals surface area contributed by atoms with Gasteiger partial charge in [-0.05, 0) is 75.5 Å². The molecule has 0 heterocycles. The van der Waals surface area contributed by atoms with E-state index in [4.69, 9.17) is 0 Å². The first kappa shape index (κ1) is 32.3. The van der Waals surface area contributed by atoms with E-state index in [9.17, 15) is 4.79 Å². The molecule has 3 nitrogen and oxygen atoms in total. The summed E-state index contributed by atoms with van der Waals surface area (Å²) in [5.41, 5.74) is 0.429. The lowest BCUT2D eigenvalue weighted by Gasteiger charge is -2.47. The molecule has 0 aliphatic heterocycles. The molecule has 1 unspecified atom stereocenters. The van der Waals surface area contributed by atoms with Crippen molar-refractivity contribution in [1.29, 1.82) is 0 Å². The Balaban J connectivity index is 5.40. The van der Waals surface area contributed by atoms with E-state index in [1.807, 2.05) is 13.8 Å². The Morgan fingerprint density at radius 3 is 1.55 bits per heavy atom. The monoisotopic (exact) mass is 464 g/mol. The van der Waals surface area contributed by atoms with Crippen LogP contribution in [0.25, 0.3) is 0 Å². The highest BCUT2D eigenvalue weighted by Gasteiger charge is 2.43. The quantitative estimate of drug-likeness (QED) is 0.306. The molecule has 0 radical (unpaired) electrons. The molecule has 0 aromatic carbocycles. The standard InChI is InChI=1S/C30H60N2O/c1-21(24(3,4)5)28(13,14)22(2)29(15,16)31-19-23(33)30(17,18)32-27(11,12)20-26(9,10)25(6,7)8/h21,31-32H,2,19-20H2,1,3-18H3. The van der Waals surface area contributed by atoms with E-state index >= 15 is 0 Å². The molecule has 0 aliphatic carbocycles. The van der Waals surface area contributed by atoms with Crippen LogP contribution in [0, 0.1) is 27.6 Å². The smallest absolute Gasteiger partial charge is 0.166 e. The number of ketones is 1. The average molecular weight is 465 g/mol. The van der Waals surface area contributed by atoms with Gasteiger partial charge in [-0.25, -0.2) is 0 Å². The summed E-state index contributed by atoms with van der Waals surface area (Å²) in [4.78, 5) is 13.4. The molecule has 0 rings (SSSR count). The van der Waals surface area contributed by atoms with Crippen LogP contribution >= 0.6 is 0 Å². The van der Waals surface area contributed by atoms with Crippen LogP contribution in [-0.2, 0) is 4.79 Å². The van der Waals surface area contributed by atoms with Crippen molar-refractivity contribution >= 4 is 5.78 Å². The van der Waals surface area contributed by atoms with Crippen molar-refractivity contribution in [3.63, 3.8) is 0 Å². The van der Waals surface area contributed by atoms with Gasteiger partial charge < -0.3 is 10.6 Å². The number of hydrogen-bond acceptors (Lipinski definition) is 3. The second-order valence-corrected chi connectivity index (χ2v) is 15.6. The number of hydrogen-bond donors (Lipinski definition) is 2. The van der Waals surface area contributed by atoms with Crippen LogP contribution in [0.1, 0.15) is 124 Å². The van der Waals surface area contributed by atoms with Gasteiger partial charge in [-0.1, -0.05) is 88.3 Å². The van der Waals surface area contributed by atoms with Gasteiger partial charge in [0.05, 0.1) is 12.1 Å². The second-order valence-electron chi connectivity index (χ2n) is 15.6. The number of nitrogens with one attached hydrogen (secondary N) is 2. The van der Waals surface area contributed by atoms with Crippen molar-refractivity contribution in [2.24, 2.45) is 27.6 Å². The second kappa shape index (κ2) is 9.76. The van der Waals surface area contributed by atoms with Crippen LogP contribution in [0.5, 0.6) is 0 Å². The van der Waals surface area contributed by atoms with E-state index in [2.05, 4.69) is 121 Å². The Bertz CT molecular complexity index is 694. The maximum Gasteiger partial charge on any atom is 0.166 e. The molecule has 1 atom stereocenters. The highest BCUT2D eigenvalue weighted by molar-refractivity contribution is 5.89. The molecule has 2 N–H and O–H groups in total. The molecule has 0 spiro atoms. The summed E-state index contributed by atoms with van der Waals surface area (Å²) in [5.74, 6) is 0.617. The summed E-state index contributed by atoms with van der Waals surface area (Å²) >= 11 is 0. The molecule has 33 heavy (non-hydrogen) atoms. The number of rotatable bonds is 11. The van der Waals surface area contributed by atoms with E-state index in [1.165, 1.54) is 0 Å². The van der Waals surface area contributed by atoms with Crippen molar-refractivity contribution in [2.75, 3.05) is 6.54 Å². The van der Waals surface area contributed by atoms with Gasteiger partial charge in [-0.2, -0.15) is 0 Å². The van der Waals surface area contributed by atoms with Gasteiger partial charge in [0.2, 0.25) is 0 Å². The third kappa shape index (κ3) is 8.49. The highest BCUT2D eigenvalue weighted by atomic mass is 16.1. The van der Waals surface area contributed by atoms with Gasteiger partial charge in [-0.3, -0.25) is 4.79 Å². The molecule has 0 aliphatic rings. The molecule has 196 valence electrons. The fraction of sp³-hybridized carbons (Fsp3) is 0.900. The van der Waals surface area contributed by atoms with Crippen molar-refractivity contribution < 1.29 is 4.79 Å². The molecule has 0 aromatic heterocycles. The van der Waals surface area contributed by atoms with Crippen molar-refractivity contribution in [2.45, 2.75) is 141 Å². The summed E-state index contributed by atoms with van der Waals surface area (Å²) in [6.45, 7) is 42.8. The lowest BCUT2D eigenvalue weighted by Crippen LogP contribution is -2.61. The van der Waals surface area contributed by atoms with Crippen LogP contribution in [0.4, 0.5) is 0 Å². The maximum atomic E-state index is 13.4. The first-order valence-corrected chi connectivity index (χ1v) is 12.9. The number of carbonyl (C=O) groups excluding carboxylic acids is 1. The molecule has 3 heteroatoms.